The van der Waals surface area contributed by atoms with Crippen molar-refractivity contribution < 1.29 is 13.9 Å². The third kappa shape index (κ3) is 4.26. The highest BCUT2D eigenvalue weighted by atomic mass is 19.1. The van der Waals surface area contributed by atoms with E-state index in [0.717, 1.165) is 5.56 Å². The molecule has 0 radical (unpaired) electrons. The number of fused-ring (bicyclic) bond motifs is 1. The number of carbonyl (C=O) groups is 1. The molecule has 3 aromatic rings. The van der Waals surface area contributed by atoms with E-state index in [4.69, 9.17) is 4.74 Å². The molecule has 3 rings (SSSR count). The molecule has 2 aromatic carbocycles. The molecule has 2 N–H and O–H groups in total. The van der Waals surface area contributed by atoms with E-state index in [1.54, 1.807) is 24.3 Å². The second-order valence-corrected chi connectivity index (χ2v) is 6.89. The predicted molar refractivity (Wildman–Crippen MR) is 105 cm³/mol. The highest BCUT2D eigenvalue weighted by Crippen LogP contribution is 2.22. The van der Waals surface area contributed by atoms with Crippen molar-refractivity contribution in [1.82, 2.24) is 15.3 Å². The summed E-state index contributed by atoms with van der Waals surface area (Å²) in [6.07, 6.45) is 0. The van der Waals surface area contributed by atoms with Crippen molar-refractivity contribution in [3.8, 4) is 0 Å². The second kappa shape index (κ2) is 8.31. The first-order valence-corrected chi connectivity index (χ1v) is 8.99. The molecule has 0 fully saturated rings. The molecular formula is C21H22FN3O3. The molecule has 0 unspecified atom stereocenters. The molecular weight excluding hydrogens is 361 g/mol. The van der Waals surface area contributed by atoms with Crippen LogP contribution in [-0.2, 0) is 11.3 Å². The number of hydrogen-bond donors (Lipinski definition) is 2. The Labute approximate surface area is 161 Å². The van der Waals surface area contributed by atoms with E-state index in [-0.39, 0.29) is 23.3 Å². The molecule has 0 aliphatic rings. The Kier molecular flexibility index (Phi) is 5.84. The van der Waals surface area contributed by atoms with Crippen molar-refractivity contribution in [2.75, 3.05) is 7.11 Å². The van der Waals surface area contributed by atoms with Gasteiger partial charge in [0.15, 0.2) is 0 Å². The van der Waals surface area contributed by atoms with E-state index >= 15 is 0 Å². The summed E-state index contributed by atoms with van der Waals surface area (Å²) in [5, 5.41) is 3.76. The topological polar surface area (TPSA) is 84.1 Å². The number of ether oxygens (including phenoxy) is 1. The number of esters is 1. The van der Waals surface area contributed by atoms with Gasteiger partial charge in [-0.15, -0.1) is 0 Å². The summed E-state index contributed by atoms with van der Waals surface area (Å²) >= 11 is 0. The number of aromatic amines is 1. The Morgan fingerprint density at radius 2 is 1.93 bits per heavy atom. The van der Waals surface area contributed by atoms with Gasteiger partial charge in [-0.2, -0.15) is 0 Å². The van der Waals surface area contributed by atoms with Crippen LogP contribution in [0.25, 0.3) is 10.9 Å². The first-order valence-electron chi connectivity index (χ1n) is 8.99. The van der Waals surface area contributed by atoms with Crippen molar-refractivity contribution in [1.29, 1.82) is 0 Å². The van der Waals surface area contributed by atoms with Crippen LogP contribution in [0.5, 0.6) is 0 Å². The van der Waals surface area contributed by atoms with Crippen LogP contribution in [0.1, 0.15) is 41.6 Å². The lowest BCUT2D eigenvalue weighted by molar-refractivity contribution is 0.0601. The summed E-state index contributed by atoms with van der Waals surface area (Å²) in [5.41, 5.74) is 1.43. The van der Waals surface area contributed by atoms with E-state index in [0.29, 0.717) is 28.8 Å². The highest BCUT2D eigenvalue weighted by Gasteiger charge is 2.16. The smallest absolute Gasteiger partial charge is 0.337 e. The summed E-state index contributed by atoms with van der Waals surface area (Å²) in [5.74, 6) is -0.0797. The van der Waals surface area contributed by atoms with Crippen LogP contribution in [0, 0.1) is 11.7 Å². The number of methoxy groups -OCH3 is 1. The van der Waals surface area contributed by atoms with Gasteiger partial charge in [-0.1, -0.05) is 26.0 Å². The maximum Gasteiger partial charge on any atom is 0.337 e. The normalized spacial score (nSPS) is 12.3. The van der Waals surface area contributed by atoms with Gasteiger partial charge in [0.05, 0.1) is 30.1 Å². The maximum atomic E-state index is 13.2. The number of nitrogens with one attached hydrogen (secondary N) is 2. The lowest BCUT2D eigenvalue weighted by atomic mass is 9.96. The average Bonchev–Trinajstić information content (AvgIpc) is 2.68. The van der Waals surface area contributed by atoms with Crippen molar-refractivity contribution >= 4 is 16.9 Å². The third-order valence-electron chi connectivity index (χ3n) is 4.56. The number of halogens is 1. The SMILES string of the molecule is COC(=O)c1ccc2c(=O)[nH]c(CN[C@@H](c3ccc(F)cc3)C(C)C)nc2c1. The fourth-order valence-corrected chi connectivity index (χ4v) is 3.13. The Morgan fingerprint density at radius 3 is 2.57 bits per heavy atom. The maximum absolute atomic E-state index is 13.2. The zero-order valence-corrected chi connectivity index (χ0v) is 16.0. The number of nitrogens with zero attached hydrogens (tertiary/aromatic N) is 1. The first kappa shape index (κ1) is 19.7. The molecule has 6 nitrogen and oxygen atoms in total. The van der Waals surface area contributed by atoms with Gasteiger partial charge in [0, 0.05) is 6.04 Å². The monoisotopic (exact) mass is 383 g/mol. The van der Waals surface area contributed by atoms with Gasteiger partial charge in [0.1, 0.15) is 11.6 Å². The molecule has 0 bridgehead atoms. The zero-order valence-electron chi connectivity index (χ0n) is 16.0. The Hall–Kier alpha value is -3.06. The Bertz CT molecular complexity index is 1040. The average molecular weight is 383 g/mol. The molecule has 0 spiro atoms. The largest absolute Gasteiger partial charge is 0.465 e. The molecule has 0 saturated carbocycles. The van der Waals surface area contributed by atoms with Gasteiger partial charge in [-0.3, -0.25) is 4.79 Å². The summed E-state index contributed by atoms with van der Waals surface area (Å²) in [4.78, 5) is 31.3. The van der Waals surface area contributed by atoms with Crippen molar-refractivity contribution in [3.05, 3.63) is 75.6 Å². The van der Waals surface area contributed by atoms with Crippen molar-refractivity contribution in [2.24, 2.45) is 5.92 Å². The fraction of sp³-hybridized carbons (Fsp3) is 0.286. The van der Waals surface area contributed by atoms with Crippen LogP contribution in [0.3, 0.4) is 0 Å². The quantitative estimate of drug-likeness (QED) is 0.638. The summed E-state index contributed by atoms with van der Waals surface area (Å²) < 4.78 is 17.9. The number of rotatable bonds is 6. The van der Waals surface area contributed by atoms with Gasteiger partial charge >= 0.3 is 5.97 Å². The predicted octanol–water partition coefficient (Wildman–Crippen LogP) is 3.34. The minimum absolute atomic E-state index is 0.0389. The number of aromatic nitrogens is 2. The molecule has 0 aliphatic carbocycles. The van der Waals surface area contributed by atoms with Gasteiger partial charge in [0.2, 0.25) is 0 Å². The molecule has 0 amide bonds. The second-order valence-electron chi connectivity index (χ2n) is 6.89. The molecule has 28 heavy (non-hydrogen) atoms. The molecule has 1 heterocycles. The fourth-order valence-electron chi connectivity index (χ4n) is 3.13. The van der Waals surface area contributed by atoms with Crippen LogP contribution >= 0.6 is 0 Å². The van der Waals surface area contributed by atoms with Crippen LogP contribution in [0.2, 0.25) is 0 Å². The standard InChI is InChI=1S/C21H22FN3O3/c1-12(2)19(13-4-7-15(22)8-5-13)23-11-18-24-17-10-14(21(27)28-3)6-9-16(17)20(26)25-18/h4-10,12,19,23H,11H2,1-3H3,(H,24,25,26)/t19-/m1/s1. The molecule has 7 heteroatoms. The van der Waals surface area contributed by atoms with E-state index < -0.39 is 5.97 Å². The van der Waals surface area contributed by atoms with Crippen LogP contribution in [-0.4, -0.2) is 23.0 Å². The van der Waals surface area contributed by atoms with Crippen LogP contribution in [0.4, 0.5) is 4.39 Å². The lowest BCUT2D eigenvalue weighted by Crippen LogP contribution is -2.27. The number of benzene rings is 2. The third-order valence-corrected chi connectivity index (χ3v) is 4.56. The van der Waals surface area contributed by atoms with E-state index in [2.05, 4.69) is 29.1 Å². The molecule has 0 aliphatic heterocycles. The Balaban J connectivity index is 1.87. The Morgan fingerprint density at radius 1 is 1.21 bits per heavy atom. The first-order chi connectivity index (χ1) is 13.4. The summed E-state index contributed by atoms with van der Waals surface area (Å²) in [6.45, 7) is 4.42. The summed E-state index contributed by atoms with van der Waals surface area (Å²) in [7, 11) is 1.30. The molecule has 0 saturated heterocycles. The van der Waals surface area contributed by atoms with Gasteiger partial charge < -0.3 is 15.0 Å². The zero-order chi connectivity index (χ0) is 20.3. The summed E-state index contributed by atoms with van der Waals surface area (Å²) in [6, 6.07) is 10.9. The number of hydrogen-bond acceptors (Lipinski definition) is 5. The van der Waals surface area contributed by atoms with Gasteiger partial charge in [-0.25, -0.2) is 14.2 Å². The van der Waals surface area contributed by atoms with Crippen LogP contribution < -0.4 is 10.9 Å². The van der Waals surface area contributed by atoms with E-state index in [1.807, 2.05) is 0 Å². The van der Waals surface area contributed by atoms with Gasteiger partial charge in [-0.05, 0) is 41.8 Å². The minimum Gasteiger partial charge on any atom is -0.465 e. The number of H-pyrrole nitrogens is 1. The minimum atomic E-state index is -0.486. The van der Waals surface area contributed by atoms with Crippen molar-refractivity contribution in [3.63, 3.8) is 0 Å². The van der Waals surface area contributed by atoms with E-state index in [9.17, 15) is 14.0 Å². The van der Waals surface area contributed by atoms with Gasteiger partial charge in [0.25, 0.3) is 5.56 Å². The van der Waals surface area contributed by atoms with E-state index in [1.165, 1.54) is 25.3 Å². The van der Waals surface area contributed by atoms with Crippen LogP contribution in [0.15, 0.2) is 47.3 Å². The van der Waals surface area contributed by atoms with Crippen molar-refractivity contribution in [2.45, 2.75) is 26.4 Å². The lowest BCUT2D eigenvalue weighted by Gasteiger charge is -2.23. The molecule has 1 atom stereocenters. The molecule has 146 valence electrons. The highest BCUT2D eigenvalue weighted by molar-refractivity contribution is 5.93. The molecule has 1 aromatic heterocycles. The number of carbonyl (C=O) groups excluding carboxylic acids is 1.